The SMILES string of the molecule is C/C(=N\C#N)N[C@]12CCC(C)(C)C[C@H]1[C@H]1C(=O)C=C3[C@@]4(C)C=C(C#N)C(=O)C(C)(C)[C@@H]4CC[C@@]3(C)[C@]1(C)CC2. The van der Waals surface area contributed by atoms with Crippen LogP contribution in [0.1, 0.15) is 100 Å². The molecule has 3 fully saturated rings. The van der Waals surface area contributed by atoms with Crippen molar-refractivity contribution in [1.82, 2.24) is 5.32 Å². The number of rotatable bonds is 1. The Hall–Kier alpha value is -2.73. The summed E-state index contributed by atoms with van der Waals surface area (Å²) in [5, 5.41) is 22.8. The number of carbonyl (C=O) groups excluding carboxylic acids is 2. The van der Waals surface area contributed by atoms with Gasteiger partial charge in [0.15, 0.2) is 11.6 Å². The topological polar surface area (TPSA) is 106 Å². The summed E-state index contributed by atoms with van der Waals surface area (Å²) >= 11 is 0. The molecule has 0 aliphatic heterocycles. The minimum absolute atomic E-state index is 0.0460. The fraction of sp³-hybridized carbons (Fsp3) is 0.727. The molecule has 0 amide bonds. The maximum absolute atomic E-state index is 14.5. The zero-order valence-corrected chi connectivity index (χ0v) is 25.0. The van der Waals surface area contributed by atoms with Crippen LogP contribution in [0.5, 0.6) is 0 Å². The van der Waals surface area contributed by atoms with Crippen LogP contribution >= 0.6 is 0 Å². The first-order chi connectivity index (χ1) is 18.0. The molecule has 6 heteroatoms. The summed E-state index contributed by atoms with van der Waals surface area (Å²) in [6.07, 6.45) is 12.4. The van der Waals surface area contributed by atoms with Crippen LogP contribution in [0.4, 0.5) is 0 Å². The van der Waals surface area contributed by atoms with Crippen LogP contribution in [-0.4, -0.2) is 22.9 Å². The van der Waals surface area contributed by atoms with Crippen molar-refractivity contribution in [3.8, 4) is 12.3 Å². The highest BCUT2D eigenvalue weighted by molar-refractivity contribution is 6.04. The van der Waals surface area contributed by atoms with Crippen LogP contribution in [0.2, 0.25) is 0 Å². The van der Waals surface area contributed by atoms with Gasteiger partial charge in [-0.3, -0.25) is 9.59 Å². The monoisotopic (exact) mass is 528 g/mol. The van der Waals surface area contributed by atoms with Crippen molar-refractivity contribution >= 4 is 17.4 Å². The molecule has 0 spiro atoms. The van der Waals surface area contributed by atoms with Gasteiger partial charge in [-0.1, -0.05) is 60.1 Å². The highest BCUT2D eigenvalue weighted by Gasteiger charge is 2.69. The first-order valence-corrected chi connectivity index (χ1v) is 14.7. The van der Waals surface area contributed by atoms with E-state index in [0.29, 0.717) is 5.84 Å². The summed E-state index contributed by atoms with van der Waals surface area (Å²) in [5.74, 6) is 0.788. The zero-order chi connectivity index (χ0) is 28.8. The van der Waals surface area contributed by atoms with Gasteiger partial charge >= 0.3 is 0 Å². The van der Waals surface area contributed by atoms with Crippen molar-refractivity contribution in [3.63, 3.8) is 0 Å². The molecule has 5 aliphatic carbocycles. The summed E-state index contributed by atoms with van der Waals surface area (Å²) < 4.78 is 0. The number of Topliss-reactive ketones (excluding diaryl/α,β-unsaturated/α-hetero) is 1. The third-order valence-electron chi connectivity index (χ3n) is 12.5. The van der Waals surface area contributed by atoms with Crippen LogP contribution in [0, 0.1) is 67.6 Å². The fourth-order valence-electron chi connectivity index (χ4n) is 10.3. The number of ketones is 2. The smallest absolute Gasteiger partial charge is 0.207 e. The fourth-order valence-corrected chi connectivity index (χ4v) is 10.3. The van der Waals surface area contributed by atoms with E-state index in [4.69, 9.17) is 0 Å². The first-order valence-electron chi connectivity index (χ1n) is 14.7. The molecule has 0 aromatic carbocycles. The Labute approximate surface area is 234 Å². The van der Waals surface area contributed by atoms with Crippen molar-refractivity contribution < 1.29 is 9.59 Å². The van der Waals surface area contributed by atoms with Crippen LogP contribution in [-0.2, 0) is 9.59 Å². The van der Waals surface area contributed by atoms with Gasteiger partial charge in [-0.2, -0.15) is 15.5 Å². The van der Waals surface area contributed by atoms with Crippen molar-refractivity contribution in [1.29, 1.82) is 10.5 Å². The lowest BCUT2D eigenvalue weighted by Gasteiger charge is -2.69. The Kier molecular flexibility index (Phi) is 5.98. The predicted octanol–water partition coefficient (Wildman–Crippen LogP) is 6.45. The van der Waals surface area contributed by atoms with Crippen LogP contribution in [0.15, 0.2) is 28.3 Å². The number of nitrogens with zero attached hydrogens (tertiary/aromatic N) is 3. The largest absolute Gasteiger partial charge is 0.367 e. The minimum atomic E-state index is -0.659. The molecule has 0 saturated heterocycles. The highest BCUT2D eigenvalue weighted by Crippen LogP contribution is 2.73. The molecule has 6 nitrogen and oxygen atoms in total. The van der Waals surface area contributed by atoms with E-state index < -0.39 is 10.8 Å². The van der Waals surface area contributed by atoms with E-state index in [9.17, 15) is 20.1 Å². The second-order valence-electron chi connectivity index (χ2n) is 15.3. The second-order valence-corrected chi connectivity index (χ2v) is 15.3. The van der Waals surface area contributed by atoms with Crippen LogP contribution < -0.4 is 5.32 Å². The number of fused-ring (bicyclic) bond motifs is 7. The molecule has 39 heavy (non-hydrogen) atoms. The minimum Gasteiger partial charge on any atom is -0.367 e. The summed E-state index contributed by atoms with van der Waals surface area (Å²) in [6, 6.07) is 2.19. The number of amidine groups is 1. The molecule has 0 aromatic heterocycles. The molecule has 3 saturated carbocycles. The Morgan fingerprint density at radius 3 is 2.31 bits per heavy atom. The van der Waals surface area contributed by atoms with E-state index in [1.807, 2.05) is 39.1 Å². The molecule has 7 atom stereocenters. The van der Waals surface area contributed by atoms with Gasteiger partial charge in [-0.05, 0) is 86.0 Å². The van der Waals surface area contributed by atoms with E-state index in [-0.39, 0.29) is 56.7 Å². The van der Waals surface area contributed by atoms with E-state index in [2.05, 4.69) is 51.0 Å². The number of aliphatic imine (C=N–C) groups is 1. The molecule has 5 rings (SSSR count). The van der Waals surface area contributed by atoms with Crippen molar-refractivity contribution in [2.75, 3.05) is 0 Å². The molecule has 0 heterocycles. The molecule has 0 unspecified atom stereocenters. The Morgan fingerprint density at radius 1 is 1.00 bits per heavy atom. The summed E-state index contributed by atoms with van der Waals surface area (Å²) in [6.45, 7) is 17.3. The van der Waals surface area contributed by atoms with Gasteiger partial charge in [-0.15, -0.1) is 0 Å². The molecule has 0 bridgehead atoms. The number of hydrogen-bond donors (Lipinski definition) is 1. The van der Waals surface area contributed by atoms with E-state index in [0.717, 1.165) is 50.5 Å². The molecule has 0 aromatic rings. The molecule has 0 radical (unpaired) electrons. The van der Waals surface area contributed by atoms with E-state index in [1.54, 1.807) is 0 Å². The van der Waals surface area contributed by atoms with Gasteiger partial charge in [0, 0.05) is 22.3 Å². The van der Waals surface area contributed by atoms with Gasteiger partial charge in [0.1, 0.15) is 11.9 Å². The van der Waals surface area contributed by atoms with Gasteiger partial charge in [0.05, 0.1) is 5.57 Å². The van der Waals surface area contributed by atoms with Gasteiger partial charge in [0.2, 0.25) is 6.19 Å². The average Bonchev–Trinajstić information content (AvgIpc) is 2.84. The van der Waals surface area contributed by atoms with Crippen LogP contribution in [0.3, 0.4) is 0 Å². The molecule has 5 aliphatic rings. The lowest BCUT2D eigenvalue weighted by Crippen LogP contribution is -2.69. The zero-order valence-electron chi connectivity index (χ0n) is 25.0. The van der Waals surface area contributed by atoms with E-state index >= 15 is 0 Å². The lowest BCUT2D eigenvalue weighted by atomic mass is 9.35. The average molecular weight is 529 g/mol. The first kappa shape index (κ1) is 27.8. The number of nitrogens with one attached hydrogen (secondary N) is 1. The van der Waals surface area contributed by atoms with Gasteiger partial charge in [-0.25, -0.2) is 0 Å². The predicted molar refractivity (Wildman–Crippen MR) is 151 cm³/mol. The van der Waals surface area contributed by atoms with Crippen molar-refractivity contribution in [2.45, 2.75) is 106 Å². The number of nitriles is 2. The number of allylic oxidation sites excluding steroid dienone is 4. The summed E-state index contributed by atoms with van der Waals surface area (Å²) in [7, 11) is 0. The molecule has 1 N–H and O–H groups in total. The molecular weight excluding hydrogens is 484 g/mol. The van der Waals surface area contributed by atoms with Gasteiger partial charge < -0.3 is 5.32 Å². The van der Waals surface area contributed by atoms with Gasteiger partial charge in [0.25, 0.3) is 0 Å². The Bertz CT molecular complexity index is 1320. The highest BCUT2D eigenvalue weighted by atomic mass is 16.1. The number of carbonyl (C=O) groups is 2. The van der Waals surface area contributed by atoms with Crippen LogP contribution in [0.25, 0.3) is 0 Å². The Morgan fingerprint density at radius 2 is 1.67 bits per heavy atom. The maximum Gasteiger partial charge on any atom is 0.207 e. The normalized spacial score (nSPS) is 44.3. The maximum atomic E-state index is 14.5. The molecule has 208 valence electrons. The third-order valence-corrected chi connectivity index (χ3v) is 12.5. The standard InChI is InChI=1S/C33H44N4O2/c1-20(36-19-35)37-33-13-11-28(2,3)17-22(33)26-23(38)15-25-30(6)16-21(18-34)27(39)29(4,5)24(30)9-10-31(25,7)32(26,8)12-14-33/h15-16,22,24,26H,9-14,17H2,1-8H3,(H,36,37)/t22-,24-,26-,30-,31+,32+,33-/m0/s1. The van der Waals surface area contributed by atoms with E-state index in [1.165, 1.54) is 0 Å². The number of hydrogen-bond acceptors (Lipinski definition) is 5. The van der Waals surface area contributed by atoms with Crippen molar-refractivity contribution in [2.24, 2.45) is 49.8 Å². The van der Waals surface area contributed by atoms with Crippen molar-refractivity contribution in [3.05, 3.63) is 23.3 Å². The lowest BCUT2D eigenvalue weighted by molar-refractivity contribution is -0.160. The molecular formula is C33H44N4O2. The third kappa shape index (κ3) is 3.59. The summed E-state index contributed by atoms with van der Waals surface area (Å²) in [5.41, 5.74) is -0.428. The Balaban J connectivity index is 1.68. The second kappa shape index (κ2) is 8.39. The quantitative estimate of drug-likeness (QED) is 0.239. The summed E-state index contributed by atoms with van der Waals surface area (Å²) in [4.78, 5) is 31.8.